The quantitative estimate of drug-likeness (QED) is 0.665. The van der Waals surface area contributed by atoms with E-state index in [0.717, 1.165) is 0 Å². The molecule has 0 aliphatic carbocycles. The lowest BCUT2D eigenvalue weighted by atomic mass is 10.7. The number of nitrogens with two attached hydrogens (primary N) is 1. The van der Waals surface area contributed by atoms with Crippen LogP contribution in [-0.4, -0.2) is 38.7 Å². The summed E-state index contributed by atoms with van der Waals surface area (Å²) in [6.07, 6.45) is 1.34. The first-order chi connectivity index (χ1) is 7.62. The van der Waals surface area contributed by atoms with Gasteiger partial charge in [0.1, 0.15) is 5.82 Å². The summed E-state index contributed by atoms with van der Waals surface area (Å²) in [5.74, 6) is 0.0785. The lowest BCUT2D eigenvalue weighted by molar-refractivity contribution is 0.578. The number of imidazole rings is 1. The Labute approximate surface area is 99.9 Å². The number of rotatable bonds is 5. The molecule has 0 atom stereocenters. The maximum Gasteiger partial charge on any atom is 0.259 e. The largest absolute Gasteiger partial charge is 0.337 e. The van der Waals surface area contributed by atoms with Crippen molar-refractivity contribution in [2.75, 3.05) is 12.3 Å². The van der Waals surface area contributed by atoms with Gasteiger partial charge >= 0.3 is 0 Å². The zero-order valence-electron chi connectivity index (χ0n) is 9.41. The summed E-state index contributed by atoms with van der Waals surface area (Å²) in [5, 5.41) is 4.60. The maximum absolute atomic E-state index is 11.7. The maximum atomic E-state index is 11.7. The van der Waals surface area contributed by atoms with Crippen molar-refractivity contribution in [2.24, 2.45) is 12.2 Å². The van der Waals surface area contributed by atoms with Crippen LogP contribution < -0.4 is 9.86 Å². The molecule has 0 aromatic carbocycles. The minimum absolute atomic E-state index is 0.146. The van der Waals surface area contributed by atoms with Crippen LogP contribution in [-0.2, 0) is 27.1 Å². The van der Waals surface area contributed by atoms with Crippen LogP contribution in [0.3, 0.4) is 0 Å². The molecule has 1 heterocycles. The van der Waals surface area contributed by atoms with Gasteiger partial charge in [-0.25, -0.2) is 31.7 Å². The Morgan fingerprint density at radius 1 is 1.41 bits per heavy atom. The Balaban J connectivity index is 2.76. The minimum atomic E-state index is -3.79. The van der Waals surface area contributed by atoms with Crippen molar-refractivity contribution in [3.8, 4) is 0 Å². The van der Waals surface area contributed by atoms with Gasteiger partial charge in [-0.05, 0) is 6.92 Å². The summed E-state index contributed by atoms with van der Waals surface area (Å²) in [4.78, 5) is 3.83. The van der Waals surface area contributed by atoms with Crippen LogP contribution in [0.15, 0.2) is 11.2 Å². The lowest BCUT2D eigenvalue weighted by Crippen LogP contribution is -2.31. The molecule has 98 valence electrons. The summed E-state index contributed by atoms with van der Waals surface area (Å²) >= 11 is 0. The first kappa shape index (κ1) is 14.1. The topological polar surface area (TPSA) is 124 Å². The predicted molar refractivity (Wildman–Crippen MR) is 61.1 cm³/mol. The Hall–Kier alpha value is -0.970. The average Bonchev–Trinajstić information content (AvgIpc) is 2.45. The van der Waals surface area contributed by atoms with Crippen molar-refractivity contribution >= 4 is 20.0 Å². The SMILES string of the molecule is Cc1nc(S(=O)(=O)NCCS(N)(=O)=O)cn1C. The number of nitrogens with zero attached hydrogens (tertiary/aromatic N) is 2. The van der Waals surface area contributed by atoms with Gasteiger partial charge in [0.2, 0.25) is 10.0 Å². The minimum Gasteiger partial charge on any atom is -0.337 e. The Kier molecular flexibility index (Phi) is 3.91. The van der Waals surface area contributed by atoms with Crippen LogP contribution in [0.25, 0.3) is 0 Å². The Morgan fingerprint density at radius 2 is 2.00 bits per heavy atom. The van der Waals surface area contributed by atoms with Crippen molar-refractivity contribution in [3.63, 3.8) is 0 Å². The molecule has 1 aromatic rings. The summed E-state index contributed by atoms with van der Waals surface area (Å²) in [6.45, 7) is 1.38. The molecular weight excluding hydrogens is 268 g/mol. The van der Waals surface area contributed by atoms with E-state index in [1.54, 1.807) is 18.5 Å². The van der Waals surface area contributed by atoms with Gasteiger partial charge in [0, 0.05) is 19.8 Å². The predicted octanol–water partition coefficient (Wildman–Crippen LogP) is -1.70. The highest BCUT2D eigenvalue weighted by atomic mass is 32.2. The first-order valence-corrected chi connectivity index (χ1v) is 7.82. The van der Waals surface area contributed by atoms with Crippen molar-refractivity contribution < 1.29 is 16.8 Å². The third-order valence-electron chi connectivity index (χ3n) is 2.04. The second kappa shape index (κ2) is 4.72. The summed E-state index contributed by atoms with van der Waals surface area (Å²) in [6, 6.07) is 0. The van der Waals surface area contributed by atoms with Crippen LogP contribution in [0.2, 0.25) is 0 Å². The Bertz CT molecular complexity index is 582. The number of aryl methyl sites for hydroxylation is 2. The number of sulfonamides is 2. The standard InChI is InChI=1S/C7H14N4O4S2/c1-6-10-7(5-11(6)2)17(14,15)9-3-4-16(8,12)13/h5,9H,3-4H2,1-2H3,(H2,8,12,13). The van der Waals surface area contributed by atoms with Gasteiger partial charge in [0.05, 0.1) is 5.75 Å². The number of primary sulfonamides is 1. The third-order valence-corrected chi connectivity index (χ3v) is 4.15. The van der Waals surface area contributed by atoms with Crippen LogP contribution in [0.1, 0.15) is 5.82 Å². The monoisotopic (exact) mass is 282 g/mol. The number of nitrogens with one attached hydrogen (secondary N) is 1. The van der Waals surface area contributed by atoms with Crippen molar-refractivity contribution in [1.29, 1.82) is 0 Å². The van der Waals surface area contributed by atoms with E-state index >= 15 is 0 Å². The van der Waals surface area contributed by atoms with Crippen LogP contribution >= 0.6 is 0 Å². The molecule has 0 unspecified atom stereocenters. The van der Waals surface area contributed by atoms with Crippen molar-refractivity contribution in [1.82, 2.24) is 14.3 Å². The smallest absolute Gasteiger partial charge is 0.259 e. The van der Waals surface area contributed by atoms with E-state index in [1.807, 2.05) is 0 Å². The molecule has 1 aromatic heterocycles. The fourth-order valence-electron chi connectivity index (χ4n) is 1.05. The van der Waals surface area contributed by atoms with Crippen LogP contribution in [0.5, 0.6) is 0 Å². The fourth-order valence-corrected chi connectivity index (χ4v) is 2.63. The highest BCUT2D eigenvalue weighted by Crippen LogP contribution is 2.06. The fraction of sp³-hybridized carbons (Fsp3) is 0.571. The van der Waals surface area contributed by atoms with Gasteiger partial charge < -0.3 is 4.57 Å². The van der Waals surface area contributed by atoms with Crippen LogP contribution in [0, 0.1) is 6.92 Å². The van der Waals surface area contributed by atoms with Gasteiger partial charge in [-0.3, -0.25) is 0 Å². The zero-order chi connectivity index (χ0) is 13.3. The molecule has 0 spiro atoms. The van der Waals surface area contributed by atoms with Crippen molar-refractivity contribution in [3.05, 3.63) is 12.0 Å². The molecule has 0 aliphatic heterocycles. The average molecular weight is 282 g/mol. The van der Waals surface area contributed by atoms with Crippen molar-refractivity contribution in [2.45, 2.75) is 11.9 Å². The lowest BCUT2D eigenvalue weighted by Gasteiger charge is -2.02. The second-order valence-electron chi connectivity index (χ2n) is 3.50. The number of hydrogen-bond acceptors (Lipinski definition) is 5. The van der Waals surface area contributed by atoms with Gasteiger partial charge in [0.15, 0.2) is 5.03 Å². The highest BCUT2D eigenvalue weighted by molar-refractivity contribution is 7.90. The third kappa shape index (κ3) is 4.07. The summed E-state index contributed by atoms with van der Waals surface area (Å²) < 4.78 is 48.3. The first-order valence-electron chi connectivity index (χ1n) is 4.62. The summed E-state index contributed by atoms with van der Waals surface area (Å²) in [5.41, 5.74) is 0. The normalized spacial score (nSPS) is 12.9. The molecule has 3 N–H and O–H groups in total. The molecule has 0 amide bonds. The van der Waals surface area contributed by atoms with E-state index in [9.17, 15) is 16.8 Å². The van der Waals surface area contributed by atoms with E-state index in [4.69, 9.17) is 5.14 Å². The molecular formula is C7H14N4O4S2. The second-order valence-corrected chi connectivity index (χ2v) is 6.95. The van der Waals surface area contributed by atoms with E-state index in [2.05, 4.69) is 9.71 Å². The van der Waals surface area contributed by atoms with Gasteiger partial charge in [-0.15, -0.1) is 0 Å². The molecule has 17 heavy (non-hydrogen) atoms. The van der Waals surface area contributed by atoms with Gasteiger partial charge in [-0.1, -0.05) is 0 Å². The van der Waals surface area contributed by atoms with Gasteiger partial charge in [0.25, 0.3) is 10.0 Å². The molecule has 8 nitrogen and oxygen atoms in total. The van der Waals surface area contributed by atoms with E-state index in [1.165, 1.54) is 6.20 Å². The number of hydrogen-bond donors (Lipinski definition) is 2. The zero-order valence-corrected chi connectivity index (χ0v) is 11.0. The van der Waals surface area contributed by atoms with E-state index < -0.39 is 25.8 Å². The van der Waals surface area contributed by atoms with Crippen LogP contribution in [0.4, 0.5) is 0 Å². The molecule has 0 bridgehead atoms. The number of aromatic nitrogens is 2. The van der Waals surface area contributed by atoms with Gasteiger partial charge in [-0.2, -0.15) is 0 Å². The molecule has 0 radical (unpaired) electrons. The van der Waals surface area contributed by atoms with E-state index in [-0.39, 0.29) is 11.6 Å². The molecule has 10 heteroatoms. The molecule has 0 fully saturated rings. The Morgan fingerprint density at radius 3 is 2.41 bits per heavy atom. The molecule has 0 saturated carbocycles. The molecule has 0 saturated heterocycles. The molecule has 1 rings (SSSR count). The highest BCUT2D eigenvalue weighted by Gasteiger charge is 2.18. The van der Waals surface area contributed by atoms with E-state index in [0.29, 0.717) is 5.82 Å². The molecule has 0 aliphatic rings. The summed E-state index contributed by atoms with van der Waals surface area (Å²) in [7, 11) is -5.81.